The van der Waals surface area contributed by atoms with Crippen LogP contribution in [0.15, 0.2) is 95.4 Å². The van der Waals surface area contributed by atoms with Crippen LogP contribution >= 0.6 is 11.6 Å². The lowest BCUT2D eigenvalue weighted by Gasteiger charge is -2.12. The second kappa shape index (κ2) is 10.6. The molecule has 0 bridgehead atoms. The number of halogens is 1. The van der Waals surface area contributed by atoms with Crippen molar-refractivity contribution in [3.63, 3.8) is 0 Å². The van der Waals surface area contributed by atoms with Gasteiger partial charge in [-0.3, -0.25) is 9.52 Å². The third-order valence-corrected chi connectivity index (χ3v) is 5.82. The van der Waals surface area contributed by atoms with Gasteiger partial charge in [0.25, 0.3) is 15.9 Å². The number of carbonyl (C=O) groups is 1. The Bertz CT molecular complexity index is 1240. The number of nitrogens with zero attached hydrogens (tertiary/aromatic N) is 1. The molecule has 164 valence electrons. The van der Waals surface area contributed by atoms with E-state index in [-0.39, 0.29) is 16.1 Å². The summed E-state index contributed by atoms with van der Waals surface area (Å²) >= 11 is 5.82. The maximum Gasteiger partial charge on any atom is 0.273 e. The van der Waals surface area contributed by atoms with Crippen molar-refractivity contribution >= 4 is 39.4 Å². The number of carbonyl (C=O) groups excluding carboxylic acids is 1. The van der Waals surface area contributed by atoms with Crippen LogP contribution in [0.5, 0.6) is 5.75 Å². The maximum atomic E-state index is 12.7. The Balaban J connectivity index is 1.76. The smallest absolute Gasteiger partial charge is 0.273 e. The Kier molecular flexibility index (Phi) is 7.64. The zero-order valence-electron chi connectivity index (χ0n) is 16.9. The van der Waals surface area contributed by atoms with Gasteiger partial charge < -0.3 is 4.74 Å². The summed E-state index contributed by atoms with van der Waals surface area (Å²) in [6.07, 6.45) is 3.06. The normalized spacial score (nSPS) is 11.2. The number of amides is 1. The fraction of sp³-hybridized carbons (Fsp3) is 0.0435. The monoisotopic (exact) mass is 469 g/mol. The first-order valence-corrected chi connectivity index (χ1v) is 11.3. The summed E-state index contributed by atoms with van der Waals surface area (Å²) < 4.78 is 33.3. The van der Waals surface area contributed by atoms with Crippen molar-refractivity contribution in [3.8, 4) is 5.75 Å². The highest BCUT2D eigenvalue weighted by Gasteiger charge is 2.18. The van der Waals surface area contributed by atoms with Crippen LogP contribution in [0, 0.1) is 0 Å². The van der Waals surface area contributed by atoms with Gasteiger partial charge in [-0.05, 0) is 48.5 Å². The van der Waals surface area contributed by atoms with E-state index in [1.807, 2.05) is 12.1 Å². The highest BCUT2D eigenvalue weighted by molar-refractivity contribution is 7.92. The number of hydrogen-bond donors (Lipinski definition) is 2. The lowest BCUT2D eigenvalue weighted by molar-refractivity contribution is 0.0956. The number of benzene rings is 3. The zero-order valence-corrected chi connectivity index (χ0v) is 18.4. The van der Waals surface area contributed by atoms with Crippen LogP contribution in [0.2, 0.25) is 5.02 Å². The summed E-state index contributed by atoms with van der Waals surface area (Å²) in [5.74, 6) is 0.00155. The third kappa shape index (κ3) is 5.96. The molecule has 0 saturated heterocycles. The van der Waals surface area contributed by atoms with Gasteiger partial charge in [-0.25, -0.2) is 13.8 Å². The van der Waals surface area contributed by atoms with E-state index < -0.39 is 15.9 Å². The zero-order chi connectivity index (χ0) is 23.0. The standard InChI is InChI=1S/C23H20ClN3O4S/c1-2-15-31-22-10-6-3-7-17(22)16-25-26-23(28)20-8-4-5-9-21(20)27-32(29,30)19-13-11-18(24)12-14-19/h2-14,16,27H,1,15H2,(H,26,28)/b25-16-. The predicted molar refractivity (Wildman–Crippen MR) is 126 cm³/mol. The average molecular weight is 470 g/mol. The molecule has 0 aromatic heterocycles. The lowest BCUT2D eigenvalue weighted by Crippen LogP contribution is -2.21. The molecular weight excluding hydrogens is 450 g/mol. The molecule has 0 atom stereocenters. The first-order valence-electron chi connectivity index (χ1n) is 9.44. The Morgan fingerprint density at radius 1 is 1.03 bits per heavy atom. The second-order valence-electron chi connectivity index (χ2n) is 6.44. The topological polar surface area (TPSA) is 96.9 Å². The fourth-order valence-corrected chi connectivity index (χ4v) is 3.88. The third-order valence-electron chi connectivity index (χ3n) is 4.19. The molecule has 0 spiro atoms. The van der Waals surface area contributed by atoms with E-state index in [9.17, 15) is 13.2 Å². The number of hydrogen-bond acceptors (Lipinski definition) is 5. The van der Waals surface area contributed by atoms with Crippen LogP contribution in [-0.4, -0.2) is 27.1 Å². The van der Waals surface area contributed by atoms with E-state index in [4.69, 9.17) is 16.3 Å². The largest absolute Gasteiger partial charge is 0.489 e. The number of hydrazone groups is 1. The van der Waals surface area contributed by atoms with Gasteiger partial charge in [0.05, 0.1) is 22.4 Å². The van der Waals surface area contributed by atoms with Crippen molar-refractivity contribution in [2.75, 3.05) is 11.3 Å². The average Bonchev–Trinajstić information content (AvgIpc) is 2.78. The van der Waals surface area contributed by atoms with E-state index in [1.165, 1.54) is 42.6 Å². The minimum atomic E-state index is -3.92. The van der Waals surface area contributed by atoms with Crippen LogP contribution in [0.1, 0.15) is 15.9 Å². The van der Waals surface area contributed by atoms with Crippen LogP contribution in [0.4, 0.5) is 5.69 Å². The maximum absolute atomic E-state index is 12.7. The molecule has 3 rings (SSSR count). The number of anilines is 1. The summed E-state index contributed by atoms with van der Waals surface area (Å²) in [6.45, 7) is 3.94. The van der Waals surface area contributed by atoms with Gasteiger partial charge in [0.1, 0.15) is 12.4 Å². The lowest BCUT2D eigenvalue weighted by atomic mass is 10.2. The first-order chi connectivity index (χ1) is 15.4. The number of rotatable bonds is 9. The summed E-state index contributed by atoms with van der Waals surface area (Å²) in [7, 11) is -3.92. The fourth-order valence-electron chi connectivity index (χ4n) is 2.68. The van der Waals surface area contributed by atoms with Crippen LogP contribution in [0.3, 0.4) is 0 Å². The molecule has 1 amide bonds. The molecule has 0 aliphatic heterocycles. The predicted octanol–water partition coefficient (Wildman–Crippen LogP) is 4.47. The molecule has 0 heterocycles. The van der Waals surface area contributed by atoms with Crippen LogP contribution in [-0.2, 0) is 10.0 Å². The van der Waals surface area contributed by atoms with E-state index in [2.05, 4.69) is 21.8 Å². The first kappa shape index (κ1) is 23.1. The molecule has 0 radical (unpaired) electrons. The molecule has 0 aliphatic carbocycles. The van der Waals surface area contributed by atoms with Gasteiger partial charge in [-0.1, -0.05) is 48.5 Å². The molecule has 9 heteroatoms. The Hall–Kier alpha value is -3.62. The Morgan fingerprint density at radius 2 is 1.72 bits per heavy atom. The molecule has 0 unspecified atom stereocenters. The number of ether oxygens (including phenoxy) is 1. The SMILES string of the molecule is C=CCOc1ccccc1/C=N\NC(=O)c1ccccc1NS(=O)(=O)c1ccc(Cl)cc1. The minimum Gasteiger partial charge on any atom is -0.489 e. The van der Waals surface area contributed by atoms with Crippen molar-refractivity contribution in [2.45, 2.75) is 4.90 Å². The molecule has 3 aromatic carbocycles. The molecular formula is C23H20ClN3O4S. The molecule has 7 nitrogen and oxygen atoms in total. The highest BCUT2D eigenvalue weighted by atomic mass is 35.5. The van der Waals surface area contributed by atoms with Crippen molar-refractivity contribution in [3.05, 3.63) is 102 Å². The summed E-state index contributed by atoms with van der Waals surface area (Å²) in [6, 6.07) is 19.1. The second-order valence-corrected chi connectivity index (χ2v) is 8.56. The number of nitrogens with one attached hydrogen (secondary N) is 2. The quantitative estimate of drug-likeness (QED) is 0.274. The van der Waals surface area contributed by atoms with Gasteiger partial charge in [0, 0.05) is 10.6 Å². The molecule has 0 aliphatic rings. The van der Waals surface area contributed by atoms with E-state index in [0.29, 0.717) is 22.9 Å². The number of para-hydroxylation sites is 2. The van der Waals surface area contributed by atoms with Crippen LogP contribution < -0.4 is 14.9 Å². The molecule has 2 N–H and O–H groups in total. The summed E-state index contributed by atoms with van der Waals surface area (Å²) in [5.41, 5.74) is 3.29. The minimum absolute atomic E-state index is 0.0197. The van der Waals surface area contributed by atoms with Gasteiger partial charge in [-0.2, -0.15) is 5.10 Å². The molecule has 3 aromatic rings. The van der Waals surface area contributed by atoms with Gasteiger partial charge in [-0.15, -0.1) is 0 Å². The highest BCUT2D eigenvalue weighted by Crippen LogP contribution is 2.21. The van der Waals surface area contributed by atoms with Crippen molar-refractivity contribution in [1.82, 2.24) is 5.43 Å². The van der Waals surface area contributed by atoms with Gasteiger partial charge in [0.15, 0.2) is 0 Å². The summed E-state index contributed by atoms with van der Waals surface area (Å²) in [4.78, 5) is 12.7. The van der Waals surface area contributed by atoms with Gasteiger partial charge >= 0.3 is 0 Å². The molecule has 0 fully saturated rings. The summed E-state index contributed by atoms with van der Waals surface area (Å²) in [5, 5.41) is 4.38. The number of sulfonamides is 1. The van der Waals surface area contributed by atoms with E-state index in [0.717, 1.165) is 0 Å². The van der Waals surface area contributed by atoms with Crippen LogP contribution in [0.25, 0.3) is 0 Å². The van der Waals surface area contributed by atoms with Crippen molar-refractivity contribution < 1.29 is 17.9 Å². The Labute approximate surface area is 191 Å². The molecule has 0 saturated carbocycles. The van der Waals surface area contributed by atoms with Crippen molar-refractivity contribution in [1.29, 1.82) is 0 Å². The van der Waals surface area contributed by atoms with E-state index in [1.54, 1.807) is 30.3 Å². The Morgan fingerprint density at radius 3 is 2.47 bits per heavy atom. The van der Waals surface area contributed by atoms with Crippen molar-refractivity contribution in [2.24, 2.45) is 5.10 Å². The van der Waals surface area contributed by atoms with Gasteiger partial charge in [0.2, 0.25) is 0 Å². The van der Waals surface area contributed by atoms with E-state index >= 15 is 0 Å². The molecule has 32 heavy (non-hydrogen) atoms.